The maximum absolute atomic E-state index is 10.0. The van der Waals surface area contributed by atoms with Crippen LogP contribution in [-0.4, -0.2) is 29.1 Å². The number of hydrogen-bond donors (Lipinski definition) is 0. The van der Waals surface area contributed by atoms with E-state index < -0.39 is 0 Å². The van der Waals surface area contributed by atoms with Gasteiger partial charge >= 0.3 is 0 Å². The minimum absolute atomic E-state index is 0.491. The first-order valence-electron chi connectivity index (χ1n) is 28.6. The van der Waals surface area contributed by atoms with Crippen LogP contribution in [0.15, 0.2) is 267 Å². The van der Waals surface area contributed by atoms with E-state index in [4.69, 9.17) is 19.9 Å². The third-order valence-electron chi connectivity index (χ3n) is 16.4. The highest BCUT2D eigenvalue weighted by atomic mass is 15.0. The Morgan fingerprint density at radius 2 is 0.580 bits per heavy atom. The van der Waals surface area contributed by atoms with Gasteiger partial charge in [-0.15, -0.1) is 0 Å². The van der Waals surface area contributed by atoms with Gasteiger partial charge in [-0.05, 0) is 154 Å². The molecule has 10 heteroatoms. The molecule has 0 atom stereocenters. The van der Waals surface area contributed by atoms with Crippen LogP contribution in [0.1, 0.15) is 22.3 Å². The normalized spacial score (nSPS) is 11.1. The summed E-state index contributed by atoms with van der Waals surface area (Å²) < 4.78 is 4.61. The van der Waals surface area contributed by atoms with Gasteiger partial charge in [0, 0.05) is 55.6 Å². The summed E-state index contributed by atoms with van der Waals surface area (Å²) in [6.07, 6.45) is 3.77. The standard InChI is InChI=1S/C78H44N10/c79-44-49-11-7-19-55(35-49)59-24-29-70-66(39-59)67-40-60(56-20-8-12-50(36-56)45-80)25-30-71(67)87(70)74-43-63(78-85-76(53-15-3-1-4-16-53)84-77(86-78)54-17-5-2-6-18-54)23-28-64(74)65-33-34-83-48-75(65)88-72-31-26-61(57-21-9-13-51(37-57)46-81)41-68(72)69-42-62(27-32-73(69)88)58-22-10-14-52(38-58)47-82/h1-43,48H. The summed E-state index contributed by atoms with van der Waals surface area (Å²) >= 11 is 0. The number of fused-ring (bicyclic) bond motifs is 6. The molecule has 88 heavy (non-hydrogen) atoms. The summed E-state index contributed by atoms with van der Waals surface area (Å²) in [6, 6.07) is 94.3. The van der Waals surface area contributed by atoms with E-state index in [1.807, 2.05) is 170 Å². The molecule has 15 aromatic rings. The van der Waals surface area contributed by atoms with Crippen LogP contribution in [0.2, 0.25) is 0 Å². The average Bonchev–Trinajstić information content (AvgIpc) is 1.64. The Labute approximate surface area is 505 Å². The highest BCUT2D eigenvalue weighted by Gasteiger charge is 2.24. The van der Waals surface area contributed by atoms with Gasteiger partial charge in [-0.1, -0.05) is 146 Å². The van der Waals surface area contributed by atoms with E-state index in [9.17, 15) is 21.0 Å². The van der Waals surface area contributed by atoms with Gasteiger partial charge in [0.1, 0.15) is 0 Å². The Kier molecular flexibility index (Phi) is 12.8. The van der Waals surface area contributed by atoms with Crippen molar-refractivity contribution in [3.05, 3.63) is 289 Å². The van der Waals surface area contributed by atoms with Crippen LogP contribution in [0.3, 0.4) is 0 Å². The molecule has 0 saturated heterocycles. The van der Waals surface area contributed by atoms with Gasteiger partial charge in [-0.3, -0.25) is 4.98 Å². The molecule has 4 heterocycles. The van der Waals surface area contributed by atoms with Crippen molar-refractivity contribution in [3.63, 3.8) is 0 Å². The van der Waals surface area contributed by atoms with Gasteiger partial charge in [0.15, 0.2) is 17.5 Å². The fourth-order valence-electron chi connectivity index (χ4n) is 12.2. The lowest BCUT2D eigenvalue weighted by Crippen LogP contribution is -2.04. The zero-order valence-corrected chi connectivity index (χ0v) is 46.9. The van der Waals surface area contributed by atoms with Crippen molar-refractivity contribution in [1.29, 1.82) is 21.0 Å². The fraction of sp³-hybridized carbons (Fsp3) is 0. The predicted molar refractivity (Wildman–Crippen MR) is 349 cm³/mol. The van der Waals surface area contributed by atoms with Crippen LogP contribution in [0.4, 0.5) is 0 Å². The van der Waals surface area contributed by atoms with Crippen molar-refractivity contribution in [2.75, 3.05) is 0 Å². The van der Waals surface area contributed by atoms with Crippen LogP contribution in [0, 0.1) is 45.3 Å². The first-order chi connectivity index (χ1) is 43.4. The van der Waals surface area contributed by atoms with Gasteiger partial charge in [0.2, 0.25) is 0 Å². The number of nitrogens with zero attached hydrogens (tertiary/aromatic N) is 10. The molecule has 0 radical (unpaired) electrons. The Hall–Kier alpha value is -12.9. The van der Waals surface area contributed by atoms with Crippen molar-refractivity contribution < 1.29 is 0 Å². The number of nitriles is 4. The third-order valence-corrected chi connectivity index (χ3v) is 16.4. The van der Waals surface area contributed by atoms with E-state index in [1.165, 1.54) is 0 Å². The summed E-state index contributed by atoms with van der Waals surface area (Å²) in [6.45, 7) is 0. The number of aromatic nitrogens is 6. The average molecular weight is 1120 g/mol. The van der Waals surface area contributed by atoms with Crippen LogP contribution in [0.25, 0.3) is 145 Å². The molecule has 0 bridgehead atoms. The number of rotatable bonds is 10. The summed E-state index contributed by atoms with van der Waals surface area (Å²) in [7, 11) is 0. The summed E-state index contributed by atoms with van der Waals surface area (Å²) in [5.41, 5.74) is 19.4. The predicted octanol–water partition coefficient (Wildman–Crippen LogP) is 18.3. The molecule has 11 aromatic carbocycles. The van der Waals surface area contributed by atoms with Crippen LogP contribution < -0.4 is 0 Å². The largest absolute Gasteiger partial charge is 0.309 e. The Balaban J connectivity index is 1.02. The van der Waals surface area contributed by atoms with Crippen molar-refractivity contribution in [1.82, 2.24) is 29.1 Å². The third kappa shape index (κ3) is 9.22. The molecule has 10 nitrogen and oxygen atoms in total. The molecule has 15 rings (SSSR count). The Bertz CT molecular complexity index is 5230. The molecule has 4 aromatic heterocycles. The lowest BCUT2D eigenvalue weighted by molar-refractivity contribution is 1.07. The summed E-state index contributed by atoms with van der Waals surface area (Å²) in [5, 5.41) is 43.9. The molecule has 0 amide bonds. The first kappa shape index (κ1) is 52.0. The van der Waals surface area contributed by atoms with Crippen molar-refractivity contribution in [3.8, 4) is 125 Å². The van der Waals surface area contributed by atoms with Gasteiger partial charge in [-0.2, -0.15) is 21.0 Å². The fourth-order valence-corrected chi connectivity index (χ4v) is 12.2. The molecular weight excluding hydrogens is 1080 g/mol. The lowest BCUT2D eigenvalue weighted by Gasteiger charge is -2.19. The molecule has 0 aliphatic carbocycles. The van der Waals surface area contributed by atoms with Crippen LogP contribution in [0.5, 0.6) is 0 Å². The van der Waals surface area contributed by atoms with E-state index in [0.717, 1.165) is 127 Å². The zero-order chi connectivity index (χ0) is 59.2. The maximum atomic E-state index is 10.0. The highest BCUT2D eigenvalue weighted by molar-refractivity contribution is 6.14. The Morgan fingerprint density at radius 3 is 0.955 bits per heavy atom. The monoisotopic (exact) mass is 1120 g/mol. The number of pyridine rings is 1. The van der Waals surface area contributed by atoms with E-state index in [0.29, 0.717) is 39.7 Å². The minimum atomic E-state index is 0.491. The van der Waals surface area contributed by atoms with Crippen molar-refractivity contribution >= 4 is 43.6 Å². The molecule has 0 fully saturated rings. The molecule has 0 N–H and O–H groups in total. The van der Waals surface area contributed by atoms with Crippen LogP contribution in [-0.2, 0) is 0 Å². The van der Waals surface area contributed by atoms with Gasteiger partial charge in [0.05, 0.1) is 86.2 Å². The summed E-state index contributed by atoms with van der Waals surface area (Å²) in [4.78, 5) is 20.4. The second-order valence-electron chi connectivity index (χ2n) is 21.5. The van der Waals surface area contributed by atoms with E-state index in [-0.39, 0.29) is 0 Å². The number of hydrogen-bond acceptors (Lipinski definition) is 8. The molecule has 406 valence electrons. The van der Waals surface area contributed by atoms with Gasteiger partial charge in [0.25, 0.3) is 0 Å². The molecule has 0 aliphatic rings. The van der Waals surface area contributed by atoms with E-state index >= 15 is 0 Å². The molecular formula is C78H44N10. The minimum Gasteiger partial charge on any atom is -0.309 e. The molecule has 0 unspecified atom stereocenters. The van der Waals surface area contributed by atoms with Crippen LogP contribution >= 0.6 is 0 Å². The first-order valence-corrected chi connectivity index (χ1v) is 28.6. The molecule has 0 aliphatic heterocycles. The zero-order valence-electron chi connectivity index (χ0n) is 46.9. The number of benzene rings is 11. The molecule has 0 spiro atoms. The van der Waals surface area contributed by atoms with E-state index in [1.54, 1.807) is 0 Å². The maximum Gasteiger partial charge on any atom is 0.164 e. The van der Waals surface area contributed by atoms with Crippen molar-refractivity contribution in [2.24, 2.45) is 0 Å². The van der Waals surface area contributed by atoms with E-state index in [2.05, 4.69) is 130 Å². The second-order valence-corrected chi connectivity index (χ2v) is 21.5. The second kappa shape index (κ2) is 21.7. The van der Waals surface area contributed by atoms with Gasteiger partial charge < -0.3 is 9.13 Å². The highest BCUT2D eigenvalue weighted by Crippen LogP contribution is 2.45. The Morgan fingerprint density at radius 1 is 0.261 bits per heavy atom. The summed E-state index contributed by atoms with van der Waals surface area (Å²) in [5.74, 6) is 1.57. The topological polar surface area (TPSA) is 157 Å². The SMILES string of the molecule is N#Cc1cccc(-c2ccc3c(c2)c2cc(-c4cccc(C#N)c4)ccc2n3-c2cnccc2-c2ccc(-c3nc(-c4ccccc4)nc(-c4ccccc4)n3)cc2-n2c3ccc(-c4cccc(C#N)c4)cc3c3cc(-c4cccc(C#N)c4)ccc32)c1. The van der Waals surface area contributed by atoms with Gasteiger partial charge in [-0.25, -0.2) is 15.0 Å². The quantitative estimate of drug-likeness (QED) is 0.131. The lowest BCUT2D eigenvalue weighted by atomic mass is 9.99. The molecule has 0 saturated carbocycles. The smallest absolute Gasteiger partial charge is 0.164 e. The van der Waals surface area contributed by atoms with Crippen molar-refractivity contribution in [2.45, 2.75) is 0 Å².